The van der Waals surface area contributed by atoms with Crippen molar-refractivity contribution in [1.82, 2.24) is 9.80 Å². The van der Waals surface area contributed by atoms with E-state index >= 15 is 0 Å². The Kier molecular flexibility index (Phi) is 8.09. The normalized spacial score (nSPS) is 13.9. The fourth-order valence-electron chi connectivity index (χ4n) is 3.55. The third-order valence-electron chi connectivity index (χ3n) is 5.55. The Hall–Kier alpha value is -3.09. The van der Waals surface area contributed by atoms with Crippen molar-refractivity contribution in [2.45, 2.75) is 26.7 Å². The molecule has 2 aromatic rings. The van der Waals surface area contributed by atoms with Gasteiger partial charge in [0, 0.05) is 31.7 Å². The Labute approximate surface area is 188 Å². The number of carbonyl (C=O) groups excluding carboxylic acids is 2. The van der Waals surface area contributed by atoms with Gasteiger partial charge in [-0.15, -0.1) is 0 Å². The van der Waals surface area contributed by atoms with Crippen LogP contribution in [0.3, 0.4) is 0 Å². The summed E-state index contributed by atoms with van der Waals surface area (Å²) in [7, 11) is 1.56. The monoisotopic (exact) mass is 442 g/mol. The average Bonchev–Trinajstić information content (AvgIpc) is 2.80. The van der Waals surface area contributed by atoms with Gasteiger partial charge in [-0.2, -0.15) is 0 Å². The number of amides is 2. The van der Waals surface area contributed by atoms with Crippen LogP contribution in [0.1, 0.15) is 36.2 Å². The number of methoxy groups -OCH3 is 1. The summed E-state index contributed by atoms with van der Waals surface area (Å²) < 4.78 is 24.3. The minimum Gasteiger partial charge on any atom is -0.493 e. The molecule has 2 amide bonds. The molecule has 172 valence electrons. The second-order valence-electron chi connectivity index (χ2n) is 8.37. The van der Waals surface area contributed by atoms with Gasteiger partial charge in [0.05, 0.1) is 20.1 Å². The number of rotatable bonds is 8. The summed E-state index contributed by atoms with van der Waals surface area (Å²) in [5, 5.41) is 0. The van der Waals surface area contributed by atoms with E-state index in [0.29, 0.717) is 55.8 Å². The van der Waals surface area contributed by atoms with Gasteiger partial charge >= 0.3 is 0 Å². The summed E-state index contributed by atoms with van der Waals surface area (Å²) in [5.41, 5.74) is 1.31. The van der Waals surface area contributed by atoms with E-state index < -0.39 is 0 Å². The van der Waals surface area contributed by atoms with E-state index in [4.69, 9.17) is 9.47 Å². The van der Waals surface area contributed by atoms with Crippen LogP contribution in [0.25, 0.3) is 0 Å². The maximum Gasteiger partial charge on any atom is 0.254 e. The van der Waals surface area contributed by atoms with Gasteiger partial charge in [0.15, 0.2) is 11.5 Å². The molecule has 0 N–H and O–H groups in total. The molecule has 1 aliphatic heterocycles. The second kappa shape index (κ2) is 11.0. The summed E-state index contributed by atoms with van der Waals surface area (Å²) in [6, 6.07) is 11.2. The number of hydrogen-bond acceptors (Lipinski definition) is 4. The third kappa shape index (κ3) is 6.22. The number of ether oxygens (including phenoxy) is 2. The van der Waals surface area contributed by atoms with Gasteiger partial charge in [-0.05, 0) is 48.2 Å². The predicted molar refractivity (Wildman–Crippen MR) is 121 cm³/mol. The van der Waals surface area contributed by atoms with Crippen LogP contribution >= 0.6 is 0 Å². The average molecular weight is 443 g/mol. The molecule has 1 saturated heterocycles. The molecule has 0 unspecified atom stereocenters. The second-order valence-corrected chi connectivity index (χ2v) is 8.37. The van der Waals surface area contributed by atoms with Gasteiger partial charge in [0.1, 0.15) is 5.82 Å². The first-order valence-electron chi connectivity index (χ1n) is 11.0. The first-order valence-corrected chi connectivity index (χ1v) is 11.0. The lowest BCUT2D eigenvalue weighted by Gasteiger charge is -2.35. The van der Waals surface area contributed by atoms with Gasteiger partial charge in [-0.3, -0.25) is 9.59 Å². The number of benzene rings is 2. The van der Waals surface area contributed by atoms with Crippen molar-refractivity contribution in [3.63, 3.8) is 0 Å². The molecule has 0 spiro atoms. The van der Waals surface area contributed by atoms with Crippen LogP contribution in [0.2, 0.25) is 0 Å². The Morgan fingerprint density at radius 1 is 0.969 bits per heavy atom. The molecule has 0 atom stereocenters. The maximum atomic E-state index is 13.0. The van der Waals surface area contributed by atoms with Gasteiger partial charge in [0.2, 0.25) is 5.91 Å². The minimum atomic E-state index is -0.319. The fourth-order valence-corrected chi connectivity index (χ4v) is 3.55. The maximum absolute atomic E-state index is 13.0. The highest BCUT2D eigenvalue weighted by Crippen LogP contribution is 2.29. The van der Waals surface area contributed by atoms with Gasteiger partial charge in [-0.1, -0.05) is 26.0 Å². The summed E-state index contributed by atoms with van der Waals surface area (Å²) in [4.78, 5) is 29.0. The molecule has 6 nitrogen and oxygen atoms in total. The molecule has 0 radical (unpaired) electrons. The summed E-state index contributed by atoms with van der Waals surface area (Å²) in [6.45, 7) is 6.73. The summed E-state index contributed by atoms with van der Waals surface area (Å²) >= 11 is 0. The van der Waals surface area contributed by atoms with Gasteiger partial charge in [-0.25, -0.2) is 4.39 Å². The van der Waals surface area contributed by atoms with Crippen LogP contribution in [-0.2, 0) is 11.2 Å². The topological polar surface area (TPSA) is 59.1 Å². The van der Waals surface area contributed by atoms with E-state index in [9.17, 15) is 14.0 Å². The first-order chi connectivity index (χ1) is 15.4. The Balaban J connectivity index is 1.55. The van der Waals surface area contributed by atoms with Crippen LogP contribution in [-0.4, -0.2) is 61.5 Å². The Morgan fingerprint density at radius 2 is 1.62 bits per heavy atom. The van der Waals surface area contributed by atoms with Gasteiger partial charge < -0.3 is 19.3 Å². The molecule has 0 saturated carbocycles. The largest absolute Gasteiger partial charge is 0.493 e. The lowest BCUT2D eigenvalue weighted by molar-refractivity contribution is -0.131. The van der Waals surface area contributed by atoms with E-state index in [-0.39, 0.29) is 24.1 Å². The zero-order valence-electron chi connectivity index (χ0n) is 19.0. The predicted octanol–water partition coefficient (Wildman–Crippen LogP) is 3.79. The number of carbonyl (C=O) groups is 2. The van der Waals surface area contributed by atoms with E-state index in [2.05, 4.69) is 13.8 Å². The first kappa shape index (κ1) is 23.6. The van der Waals surface area contributed by atoms with Crippen molar-refractivity contribution in [3.8, 4) is 11.5 Å². The zero-order valence-corrected chi connectivity index (χ0v) is 19.0. The van der Waals surface area contributed by atoms with Crippen LogP contribution in [0, 0.1) is 11.7 Å². The molecule has 1 heterocycles. The molecule has 0 bridgehead atoms. The van der Waals surface area contributed by atoms with Crippen LogP contribution in [0.5, 0.6) is 11.5 Å². The molecule has 0 aromatic heterocycles. The Bertz CT molecular complexity index is 922. The molecule has 7 heteroatoms. The van der Waals surface area contributed by atoms with Crippen molar-refractivity contribution < 1.29 is 23.5 Å². The quantitative estimate of drug-likeness (QED) is 0.624. The molecule has 0 aliphatic carbocycles. The molecule has 1 fully saturated rings. The lowest BCUT2D eigenvalue weighted by Crippen LogP contribution is -2.51. The number of hydrogen-bond donors (Lipinski definition) is 0. The van der Waals surface area contributed by atoms with Crippen LogP contribution in [0.15, 0.2) is 42.5 Å². The molecular weight excluding hydrogens is 411 g/mol. The van der Waals surface area contributed by atoms with E-state index in [1.807, 2.05) is 0 Å². The highest BCUT2D eigenvalue weighted by atomic mass is 19.1. The van der Waals surface area contributed by atoms with Crippen LogP contribution < -0.4 is 9.47 Å². The summed E-state index contributed by atoms with van der Waals surface area (Å²) in [5.74, 6) is 1.27. The lowest BCUT2D eigenvalue weighted by atomic mass is 10.1. The fraction of sp³-hybridized carbons (Fsp3) is 0.440. The van der Waals surface area contributed by atoms with Crippen molar-refractivity contribution in [2.75, 3.05) is 39.9 Å². The number of piperazine rings is 1. The minimum absolute atomic E-state index is 0.0201. The Morgan fingerprint density at radius 3 is 2.25 bits per heavy atom. The molecule has 32 heavy (non-hydrogen) atoms. The van der Waals surface area contributed by atoms with Crippen molar-refractivity contribution in [1.29, 1.82) is 0 Å². The standard InChI is InChI=1S/C25H31FN2O4/c1-18(2)10-15-32-22-9-6-20(17-23(22)31-3)25(30)28-13-11-27(12-14-28)24(29)16-19-4-7-21(26)8-5-19/h4-9,17-18H,10-16H2,1-3H3. The molecule has 2 aromatic carbocycles. The van der Waals surface area contributed by atoms with E-state index in [1.54, 1.807) is 47.2 Å². The zero-order chi connectivity index (χ0) is 23.1. The molecular formula is C25H31FN2O4. The highest BCUT2D eigenvalue weighted by molar-refractivity contribution is 5.95. The van der Waals surface area contributed by atoms with Crippen molar-refractivity contribution in [2.24, 2.45) is 5.92 Å². The van der Waals surface area contributed by atoms with Crippen LogP contribution in [0.4, 0.5) is 4.39 Å². The molecule has 1 aliphatic rings. The third-order valence-corrected chi connectivity index (χ3v) is 5.55. The van der Waals surface area contributed by atoms with E-state index in [1.165, 1.54) is 12.1 Å². The van der Waals surface area contributed by atoms with Gasteiger partial charge in [0.25, 0.3) is 5.91 Å². The summed E-state index contributed by atoms with van der Waals surface area (Å²) in [6.07, 6.45) is 1.16. The highest BCUT2D eigenvalue weighted by Gasteiger charge is 2.25. The smallest absolute Gasteiger partial charge is 0.254 e. The van der Waals surface area contributed by atoms with Crippen molar-refractivity contribution in [3.05, 3.63) is 59.4 Å². The SMILES string of the molecule is COc1cc(C(=O)N2CCN(C(=O)Cc3ccc(F)cc3)CC2)ccc1OCCC(C)C. The molecule has 3 rings (SSSR count). The number of nitrogens with zero attached hydrogens (tertiary/aromatic N) is 2. The van der Waals surface area contributed by atoms with Crippen molar-refractivity contribution >= 4 is 11.8 Å². The number of halogens is 1. The van der Waals surface area contributed by atoms with E-state index in [0.717, 1.165) is 12.0 Å².